The summed E-state index contributed by atoms with van der Waals surface area (Å²) in [5.41, 5.74) is 1.54. The van der Waals surface area contributed by atoms with Crippen molar-refractivity contribution in [3.8, 4) is 5.75 Å². The maximum absolute atomic E-state index is 13.1. The summed E-state index contributed by atoms with van der Waals surface area (Å²) in [6.45, 7) is 0.533. The predicted molar refractivity (Wildman–Crippen MR) is 124 cm³/mol. The van der Waals surface area contributed by atoms with Gasteiger partial charge in [-0.05, 0) is 36.4 Å². The lowest BCUT2D eigenvalue weighted by molar-refractivity contribution is -0.150. The first-order valence-electron chi connectivity index (χ1n) is 9.80. The summed E-state index contributed by atoms with van der Waals surface area (Å²) in [6.07, 6.45) is 1.78. The standard InChI is InChI=1S/C22H20Cl2N4O4/c1-31-28-20-13(11-16(21(28)30)19-17(23)3-2-4-18(19)24)12-25-22(27-20)26-14-5-7-15(8-6-14)32-10-9-29/h2-8,11,13,29H,9-10,12H2,1H3,(H,25,26). The summed E-state index contributed by atoms with van der Waals surface area (Å²) in [7, 11) is 1.40. The number of hydrogen-bond donors (Lipinski definition) is 2. The van der Waals surface area contributed by atoms with Crippen LogP contribution in [0, 0.1) is 5.92 Å². The second kappa shape index (κ2) is 9.70. The molecule has 0 radical (unpaired) electrons. The van der Waals surface area contributed by atoms with Crippen molar-refractivity contribution in [3.05, 3.63) is 64.1 Å². The van der Waals surface area contributed by atoms with E-state index < -0.39 is 5.91 Å². The highest BCUT2D eigenvalue weighted by molar-refractivity contribution is 6.41. The molecule has 0 aliphatic carbocycles. The number of halogens is 2. The van der Waals surface area contributed by atoms with Crippen molar-refractivity contribution < 1.29 is 19.5 Å². The molecule has 2 aliphatic heterocycles. The number of aliphatic hydroxyl groups excluding tert-OH is 1. The number of hydroxylamine groups is 2. The SMILES string of the molecule is CON1C(=O)C(c2c(Cl)cccc2Cl)=CC2CN=C(Nc3ccc(OCCO)cc3)N=C21. The Morgan fingerprint density at radius 1 is 1.19 bits per heavy atom. The highest BCUT2D eigenvalue weighted by Crippen LogP contribution is 2.36. The van der Waals surface area contributed by atoms with Gasteiger partial charge in [0.05, 0.1) is 36.2 Å². The van der Waals surface area contributed by atoms with Crippen molar-refractivity contribution in [1.82, 2.24) is 5.06 Å². The van der Waals surface area contributed by atoms with E-state index in [0.717, 1.165) is 10.8 Å². The van der Waals surface area contributed by atoms with E-state index in [-0.39, 0.29) is 19.1 Å². The van der Waals surface area contributed by atoms with Crippen molar-refractivity contribution in [2.45, 2.75) is 0 Å². The van der Waals surface area contributed by atoms with Gasteiger partial charge in [0, 0.05) is 16.8 Å². The number of carbonyl (C=O) groups is 1. The number of fused-ring (bicyclic) bond motifs is 1. The Bertz CT molecular complexity index is 1100. The number of guanidine groups is 1. The van der Waals surface area contributed by atoms with E-state index in [4.69, 9.17) is 37.9 Å². The zero-order valence-corrected chi connectivity index (χ0v) is 18.6. The minimum atomic E-state index is -0.413. The third kappa shape index (κ3) is 4.49. The number of benzene rings is 2. The van der Waals surface area contributed by atoms with Crippen LogP contribution in [0.2, 0.25) is 10.0 Å². The molecule has 4 rings (SSSR count). The number of aliphatic hydroxyl groups is 1. The van der Waals surface area contributed by atoms with E-state index in [1.165, 1.54) is 7.11 Å². The van der Waals surface area contributed by atoms with Gasteiger partial charge in [-0.25, -0.2) is 4.99 Å². The Kier molecular flexibility index (Phi) is 6.76. The number of aliphatic imine (C=N–C) groups is 2. The van der Waals surface area contributed by atoms with Crippen LogP contribution in [-0.2, 0) is 9.63 Å². The number of ether oxygens (including phenoxy) is 1. The largest absolute Gasteiger partial charge is 0.491 e. The van der Waals surface area contributed by atoms with Gasteiger partial charge in [-0.1, -0.05) is 35.3 Å². The fourth-order valence-electron chi connectivity index (χ4n) is 3.42. The van der Waals surface area contributed by atoms with Crippen LogP contribution in [0.25, 0.3) is 5.57 Å². The van der Waals surface area contributed by atoms with Gasteiger partial charge in [0.15, 0.2) is 5.84 Å². The summed E-state index contributed by atoms with van der Waals surface area (Å²) in [6, 6.07) is 12.2. The summed E-state index contributed by atoms with van der Waals surface area (Å²) in [5.74, 6) is 0.715. The minimum Gasteiger partial charge on any atom is -0.491 e. The number of rotatable bonds is 6. The molecule has 1 atom stereocenters. The molecular formula is C22H20Cl2N4O4. The van der Waals surface area contributed by atoms with Gasteiger partial charge in [0.1, 0.15) is 12.4 Å². The van der Waals surface area contributed by atoms with E-state index in [9.17, 15) is 4.79 Å². The van der Waals surface area contributed by atoms with Crippen LogP contribution >= 0.6 is 23.2 Å². The van der Waals surface area contributed by atoms with Crippen molar-refractivity contribution in [2.75, 3.05) is 32.2 Å². The summed E-state index contributed by atoms with van der Waals surface area (Å²) < 4.78 is 5.35. The smallest absolute Gasteiger partial charge is 0.283 e. The maximum atomic E-state index is 13.1. The van der Waals surface area contributed by atoms with Gasteiger partial charge in [-0.2, -0.15) is 10.1 Å². The van der Waals surface area contributed by atoms with E-state index >= 15 is 0 Å². The lowest BCUT2D eigenvalue weighted by Crippen LogP contribution is -2.46. The molecule has 0 spiro atoms. The minimum absolute atomic E-state index is 0.0526. The summed E-state index contributed by atoms with van der Waals surface area (Å²) in [4.78, 5) is 27.5. The number of anilines is 1. The van der Waals surface area contributed by atoms with Crippen LogP contribution in [0.1, 0.15) is 5.56 Å². The van der Waals surface area contributed by atoms with Crippen LogP contribution in [0.3, 0.4) is 0 Å². The summed E-state index contributed by atoms with van der Waals surface area (Å²) >= 11 is 12.6. The molecule has 0 aromatic heterocycles. The van der Waals surface area contributed by atoms with Crippen molar-refractivity contribution in [3.63, 3.8) is 0 Å². The number of nitrogens with zero attached hydrogens (tertiary/aromatic N) is 3. The molecule has 2 heterocycles. The number of amidine groups is 1. The van der Waals surface area contributed by atoms with E-state index in [2.05, 4.69) is 15.3 Å². The zero-order valence-electron chi connectivity index (χ0n) is 17.1. The van der Waals surface area contributed by atoms with Crippen molar-refractivity contribution >= 4 is 52.2 Å². The van der Waals surface area contributed by atoms with Crippen LogP contribution in [0.4, 0.5) is 5.69 Å². The molecule has 0 bridgehead atoms. The maximum Gasteiger partial charge on any atom is 0.283 e. The van der Waals surface area contributed by atoms with Gasteiger partial charge in [-0.3, -0.25) is 9.63 Å². The monoisotopic (exact) mass is 474 g/mol. The van der Waals surface area contributed by atoms with E-state index in [1.807, 2.05) is 0 Å². The highest BCUT2D eigenvalue weighted by Gasteiger charge is 2.37. The van der Waals surface area contributed by atoms with Gasteiger partial charge in [-0.15, -0.1) is 0 Å². The topological polar surface area (TPSA) is 95.8 Å². The second-order valence-corrected chi connectivity index (χ2v) is 7.74. The highest BCUT2D eigenvalue weighted by atomic mass is 35.5. The molecule has 2 N–H and O–H groups in total. The molecule has 2 aromatic carbocycles. The summed E-state index contributed by atoms with van der Waals surface area (Å²) in [5, 5.41) is 13.9. The Morgan fingerprint density at radius 2 is 1.91 bits per heavy atom. The average Bonchev–Trinajstić information content (AvgIpc) is 2.79. The molecule has 0 saturated heterocycles. The van der Waals surface area contributed by atoms with Crippen molar-refractivity contribution in [2.24, 2.45) is 15.9 Å². The normalized spacial score (nSPS) is 17.9. The molecule has 0 fully saturated rings. The molecule has 2 aromatic rings. The average molecular weight is 475 g/mol. The van der Waals surface area contributed by atoms with E-state index in [1.54, 1.807) is 48.5 Å². The van der Waals surface area contributed by atoms with Gasteiger partial charge >= 0.3 is 0 Å². The lowest BCUT2D eigenvalue weighted by atomic mass is 9.93. The predicted octanol–water partition coefficient (Wildman–Crippen LogP) is 3.65. The third-order valence-electron chi connectivity index (χ3n) is 4.87. The van der Waals surface area contributed by atoms with Crippen LogP contribution in [-0.4, -0.2) is 54.7 Å². The van der Waals surface area contributed by atoms with E-state index in [0.29, 0.717) is 45.3 Å². The number of nitrogens with one attached hydrogen (secondary N) is 1. The van der Waals surface area contributed by atoms with Gasteiger partial charge in [0.2, 0.25) is 5.96 Å². The Labute approximate surface area is 194 Å². The number of amides is 1. The molecule has 8 nitrogen and oxygen atoms in total. The molecule has 32 heavy (non-hydrogen) atoms. The first-order chi connectivity index (χ1) is 15.5. The Morgan fingerprint density at radius 3 is 2.56 bits per heavy atom. The zero-order chi connectivity index (χ0) is 22.7. The van der Waals surface area contributed by atoms with Crippen LogP contribution < -0.4 is 10.1 Å². The molecule has 0 saturated carbocycles. The number of carbonyl (C=O) groups excluding carboxylic acids is 1. The van der Waals surface area contributed by atoms with Gasteiger partial charge in [0.25, 0.3) is 5.91 Å². The Balaban J connectivity index is 1.58. The fraction of sp³-hybridized carbons (Fsp3) is 0.227. The lowest BCUT2D eigenvalue weighted by Gasteiger charge is -2.33. The number of hydrogen-bond acceptors (Lipinski definition) is 7. The van der Waals surface area contributed by atoms with Crippen LogP contribution in [0.5, 0.6) is 5.75 Å². The quantitative estimate of drug-likeness (QED) is 0.665. The Hall–Kier alpha value is -2.91. The molecule has 1 amide bonds. The molecule has 1 unspecified atom stereocenters. The third-order valence-corrected chi connectivity index (χ3v) is 5.50. The molecule has 2 aliphatic rings. The second-order valence-electron chi connectivity index (χ2n) is 6.92. The molecule has 10 heteroatoms. The van der Waals surface area contributed by atoms with Crippen molar-refractivity contribution in [1.29, 1.82) is 0 Å². The van der Waals surface area contributed by atoms with Gasteiger partial charge < -0.3 is 15.2 Å². The fourth-order valence-corrected chi connectivity index (χ4v) is 4.02. The van der Waals surface area contributed by atoms with Crippen LogP contribution in [0.15, 0.2) is 58.5 Å². The first-order valence-corrected chi connectivity index (χ1v) is 10.6. The molecule has 166 valence electrons. The first kappa shape index (κ1) is 22.3. The molecular weight excluding hydrogens is 455 g/mol.